The number of likely N-dealkylation sites (tertiary alicyclic amines) is 3. The van der Waals surface area contributed by atoms with E-state index in [-0.39, 0.29) is 29.2 Å². The number of urea groups is 1. The Morgan fingerprint density at radius 3 is 2.33 bits per heavy atom. The number of nitrogens with zero attached hydrogens (tertiary/aromatic N) is 4. The summed E-state index contributed by atoms with van der Waals surface area (Å²) in [7, 11) is 0. The lowest BCUT2D eigenvalue weighted by Gasteiger charge is -2.42. The second-order valence-corrected chi connectivity index (χ2v) is 15.4. The van der Waals surface area contributed by atoms with Crippen LogP contribution in [0, 0.1) is 12.8 Å². The van der Waals surface area contributed by atoms with Crippen molar-refractivity contribution in [2.75, 3.05) is 39.3 Å². The van der Waals surface area contributed by atoms with Gasteiger partial charge in [0.05, 0.1) is 17.4 Å². The zero-order valence-electron chi connectivity index (χ0n) is 31.5. The second kappa shape index (κ2) is 16.0. The molecule has 0 radical (unpaired) electrons. The van der Waals surface area contributed by atoms with Crippen molar-refractivity contribution in [2.24, 2.45) is 5.92 Å². The Hall–Kier alpha value is -5.23. The molecule has 3 aliphatic heterocycles. The summed E-state index contributed by atoms with van der Waals surface area (Å²) in [5.41, 5.74) is 5.72. The average Bonchev–Trinajstić information content (AvgIpc) is 3.67. The highest BCUT2D eigenvalue weighted by atomic mass is 16.2. The van der Waals surface area contributed by atoms with Crippen LogP contribution >= 0.6 is 0 Å². The lowest BCUT2D eigenvalue weighted by atomic mass is 9.89. The summed E-state index contributed by atoms with van der Waals surface area (Å²) >= 11 is 0. The minimum atomic E-state index is -0.724. The van der Waals surface area contributed by atoms with E-state index in [1.165, 1.54) is 6.92 Å². The maximum absolute atomic E-state index is 14.3. The van der Waals surface area contributed by atoms with Crippen LogP contribution in [0.2, 0.25) is 0 Å². The fraction of sp³-hybridized carbons (Fsp3) is 0.452. The normalized spacial score (nSPS) is 18.5. The number of pyridine rings is 1. The van der Waals surface area contributed by atoms with Crippen LogP contribution in [0.15, 0.2) is 78.0 Å². The van der Waals surface area contributed by atoms with Gasteiger partial charge in [0.2, 0.25) is 5.91 Å². The highest BCUT2D eigenvalue weighted by molar-refractivity contribution is 5.92. The van der Waals surface area contributed by atoms with Crippen molar-refractivity contribution in [3.05, 3.63) is 100 Å². The van der Waals surface area contributed by atoms with Crippen LogP contribution in [0.3, 0.4) is 0 Å². The van der Waals surface area contributed by atoms with Gasteiger partial charge in [-0.05, 0) is 99.2 Å². The number of para-hydroxylation sites is 1. The Morgan fingerprint density at radius 2 is 1.61 bits per heavy atom. The molecule has 4 aromatic rings. The first kappa shape index (κ1) is 37.1. The van der Waals surface area contributed by atoms with Crippen molar-refractivity contribution in [1.82, 2.24) is 40.5 Å². The van der Waals surface area contributed by atoms with Crippen molar-refractivity contribution in [2.45, 2.75) is 76.8 Å². The zero-order chi connectivity index (χ0) is 37.9. The van der Waals surface area contributed by atoms with Crippen molar-refractivity contribution in [1.29, 1.82) is 0 Å². The first-order valence-electron chi connectivity index (χ1n) is 19.3. The summed E-state index contributed by atoms with van der Waals surface area (Å²) in [6.07, 6.45) is 7.17. The molecular weight excluding hydrogens is 681 g/mol. The second-order valence-electron chi connectivity index (χ2n) is 15.4. The number of Topliss-reactive ketones (excluding diaryl/α,β-unsaturated/α-hetero) is 1. The Labute approximate surface area is 316 Å². The molecule has 0 saturated carbocycles. The van der Waals surface area contributed by atoms with Gasteiger partial charge in [0.1, 0.15) is 6.04 Å². The molecule has 0 aliphatic carbocycles. The summed E-state index contributed by atoms with van der Waals surface area (Å²) in [5.74, 6) is 0.206. The fourth-order valence-corrected chi connectivity index (χ4v) is 8.64. The van der Waals surface area contributed by atoms with E-state index in [4.69, 9.17) is 0 Å². The maximum Gasteiger partial charge on any atom is 0.318 e. The molecule has 3 amide bonds. The van der Waals surface area contributed by atoms with Crippen molar-refractivity contribution >= 4 is 39.5 Å². The van der Waals surface area contributed by atoms with Gasteiger partial charge in [-0.15, -0.1) is 0 Å². The van der Waals surface area contributed by atoms with Crippen LogP contribution in [0.5, 0.6) is 0 Å². The first-order chi connectivity index (χ1) is 26.0. The minimum absolute atomic E-state index is 0.0544. The average molecular weight is 733 g/mol. The number of piperidine rings is 3. The van der Waals surface area contributed by atoms with Crippen LogP contribution in [0.4, 0.5) is 4.79 Å². The summed E-state index contributed by atoms with van der Waals surface area (Å²) in [6.45, 7) is 15.7. The van der Waals surface area contributed by atoms with E-state index in [1.807, 2.05) is 48.2 Å². The number of ketones is 1. The third kappa shape index (κ3) is 8.13. The predicted octanol–water partition coefficient (Wildman–Crippen LogP) is 5.12. The molecular formula is C42H52N8O4. The molecule has 12 nitrogen and oxygen atoms in total. The molecule has 2 aromatic carbocycles. The minimum Gasteiger partial charge on any atom is -0.357 e. The Kier molecular flexibility index (Phi) is 11.0. The fourth-order valence-electron chi connectivity index (χ4n) is 8.64. The molecule has 284 valence electrons. The number of nitrogens with one attached hydrogen (secondary N) is 4. The van der Waals surface area contributed by atoms with Crippen LogP contribution < -0.4 is 16.2 Å². The smallest absolute Gasteiger partial charge is 0.318 e. The Balaban J connectivity index is 0.979. The van der Waals surface area contributed by atoms with Crippen LogP contribution in [-0.2, 0) is 16.0 Å². The van der Waals surface area contributed by atoms with E-state index in [9.17, 15) is 19.2 Å². The van der Waals surface area contributed by atoms with Gasteiger partial charge < -0.3 is 30.3 Å². The van der Waals surface area contributed by atoms with E-state index in [0.717, 1.165) is 83.0 Å². The van der Waals surface area contributed by atoms with Gasteiger partial charge in [0.25, 0.3) is 5.56 Å². The van der Waals surface area contributed by atoms with Crippen LogP contribution in [-0.4, -0.2) is 99.0 Å². The topological polar surface area (TPSA) is 147 Å². The molecule has 3 saturated heterocycles. The lowest BCUT2D eigenvalue weighted by Crippen LogP contribution is -2.56. The molecule has 5 heterocycles. The van der Waals surface area contributed by atoms with Gasteiger partial charge in [0, 0.05) is 73.6 Å². The number of rotatable bonds is 10. The standard InChI is InChI=1S/C42H52N8O4/c1-26-21-30(22-34-25-43-47-39(26)34)23-38(46-42(54)50-17-11-32(12-18-50)36-24-33-7-5-6-8-37(33)45-40(36)52)41(53)49-19-13-35(14-20-49)48-15-9-31(10-16-48)28(3)44-27(2)29(4)51/h5-8,21-22,24-25,31-32,35,38,44H,2-3,9-20,23H2,1,4H3,(H,43,47)(H,45,52)(H,46,54)/t38-/m1/s1. The highest BCUT2D eigenvalue weighted by Gasteiger charge is 2.35. The van der Waals surface area contributed by atoms with E-state index >= 15 is 0 Å². The molecule has 54 heavy (non-hydrogen) atoms. The molecule has 7 rings (SSSR count). The Morgan fingerprint density at radius 1 is 0.907 bits per heavy atom. The predicted molar refractivity (Wildman–Crippen MR) is 211 cm³/mol. The third-order valence-electron chi connectivity index (χ3n) is 11.9. The Bertz CT molecular complexity index is 2110. The van der Waals surface area contributed by atoms with E-state index in [2.05, 4.69) is 49.9 Å². The number of allylic oxidation sites excluding steroid dienone is 2. The van der Waals surface area contributed by atoms with Crippen molar-refractivity contribution < 1.29 is 14.4 Å². The van der Waals surface area contributed by atoms with Gasteiger partial charge in [-0.1, -0.05) is 37.4 Å². The van der Waals surface area contributed by atoms with Crippen molar-refractivity contribution in [3.63, 3.8) is 0 Å². The summed E-state index contributed by atoms with van der Waals surface area (Å²) in [5, 5.41) is 15.5. The number of aryl methyl sites for hydroxylation is 1. The summed E-state index contributed by atoms with van der Waals surface area (Å²) in [6, 6.07) is 13.3. The van der Waals surface area contributed by atoms with Gasteiger partial charge in [-0.3, -0.25) is 19.5 Å². The number of hydrogen-bond donors (Lipinski definition) is 4. The quantitative estimate of drug-likeness (QED) is 0.166. The summed E-state index contributed by atoms with van der Waals surface area (Å²) < 4.78 is 0. The van der Waals surface area contributed by atoms with Crippen LogP contribution in [0.1, 0.15) is 68.1 Å². The lowest BCUT2D eigenvalue weighted by molar-refractivity contribution is -0.135. The number of hydrogen-bond acceptors (Lipinski definition) is 7. The molecule has 1 atom stereocenters. The SMILES string of the molecule is C=C(NC(=C)C1CCN(C2CCN(C(=O)[C@@H](Cc3cc(C)c4[nH]ncc4c3)NC(=O)N3CCC(c4cc5ccccc5[nH]c4=O)CC3)CC2)CC1)C(C)=O. The van der Waals surface area contributed by atoms with Gasteiger partial charge in [-0.2, -0.15) is 5.10 Å². The molecule has 3 fully saturated rings. The molecule has 3 aliphatic rings. The molecule has 0 spiro atoms. The van der Waals surface area contributed by atoms with Crippen LogP contribution in [0.25, 0.3) is 21.8 Å². The number of aromatic nitrogens is 3. The first-order valence-corrected chi connectivity index (χ1v) is 19.3. The summed E-state index contributed by atoms with van der Waals surface area (Å²) in [4.78, 5) is 62.0. The number of carbonyl (C=O) groups excluding carboxylic acids is 3. The van der Waals surface area contributed by atoms with Gasteiger partial charge >= 0.3 is 6.03 Å². The molecule has 0 bridgehead atoms. The maximum atomic E-state index is 14.3. The van der Waals surface area contributed by atoms with Crippen molar-refractivity contribution in [3.8, 4) is 0 Å². The van der Waals surface area contributed by atoms with E-state index in [1.54, 1.807) is 11.1 Å². The van der Waals surface area contributed by atoms with Gasteiger partial charge in [-0.25, -0.2) is 4.79 Å². The largest absolute Gasteiger partial charge is 0.357 e. The van der Waals surface area contributed by atoms with E-state index < -0.39 is 6.04 Å². The number of fused-ring (bicyclic) bond motifs is 2. The molecule has 2 aromatic heterocycles. The number of amides is 3. The number of aromatic amines is 2. The number of H-pyrrole nitrogens is 2. The monoisotopic (exact) mass is 732 g/mol. The third-order valence-corrected chi connectivity index (χ3v) is 11.9. The van der Waals surface area contributed by atoms with E-state index in [0.29, 0.717) is 63.1 Å². The number of carbonyl (C=O) groups is 3. The highest BCUT2D eigenvalue weighted by Crippen LogP contribution is 2.29. The number of benzene rings is 2. The van der Waals surface area contributed by atoms with Gasteiger partial charge in [0.15, 0.2) is 5.78 Å². The molecule has 4 N–H and O–H groups in total. The molecule has 12 heteroatoms. The zero-order valence-corrected chi connectivity index (χ0v) is 31.5. The molecule has 0 unspecified atom stereocenters.